The molecular formula is C28H30F4N4O4. The lowest BCUT2D eigenvalue weighted by atomic mass is 9.94. The number of hydrogen-bond acceptors (Lipinski definition) is 5. The molecule has 2 aliphatic rings. The van der Waals surface area contributed by atoms with Crippen LogP contribution in [0, 0.1) is 5.82 Å². The number of nitrogens with one attached hydrogen (secondary N) is 1. The van der Waals surface area contributed by atoms with E-state index in [1.54, 1.807) is 17.9 Å². The summed E-state index contributed by atoms with van der Waals surface area (Å²) >= 11 is 0. The Morgan fingerprint density at radius 3 is 2.40 bits per heavy atom. The van der Waals surface area contributed by atoms with Crippen LogP contribution in [-0.2, 0) is 15.7 Å². The van der Waals surface area contributed by atoms with E-state index in [0.717, 1.165) is 12.1 Å². The number of nitrogens with zero attached hydrogens (tertiary/aromatic N) is 3. The molecule has 214 valence electrons. The standard InChI is InChI=1S/C28H30F4N4O4/c1-4-40-26(38)23-22(34(3)27(39)33-24(23)19-6-5-7-21(29)14-19)16-35-12-13-36(17(2)15-35)25(37)18-8-10-20(11-9-18)28(30,31)32/h5-11,14,17,24H,4,12-13,15-16H2,1-3H3,(H,33,39)/t17-,24+/m0/s1. The molecule has 4 rings (SSSR count). The third-order valence-corrected chi connectivity index (χ3v) is 7.06. The Bertz CT molecular complexity index is 1310. The molecule has 0 aliphatic carbocycles. The van der Waals surface area contributed by atoms with E-state index in [0.29, 0.717) is 24.4 Å². The zero-order chi connectivity index (χ0) is 29.2. The number of piperazine rings is 1. The van der Waals surface area contributed by atoms with E-state index < -0.39 is 35.6 Å². The van der Waals surface area contributed by atoms with Crippen LogP contribution in [0.5, 0.6) is 0 Å². The number of rotatable bonds is 6. The van der Waals surface area contributed by atoms with Crippen molar-refractivity contribution in [3.8, 4) is 0 Å². The second-order valence-electron chi connectivity index (χ2n) is 9.74. The Labute approximate surface area is 229 Å². The number of hydrogen-bond donors (Lipinski definition) is 1. The van der Waals surface area contributed by atoms with E-state index >= 15 is 0 Å². The average molecular weight is 563 g/mol. The molecular weight excluding hydrogens is 532 g/mol. The smallest absolute Gasteiger partial charge is 0.416 e. The molecule has 2 heterocycles. The van der Waals surface area contributed by atoms with Crippen molar-refractivity contribution in [3.05, 3.63) is 82.3 Å². The van der Waals surface area contributed by atoms with Gasteiger partial charge in [0.2, 0.25) is 0 Å². The van der Waals surface area contributed by atoms with Crippen molar-refractivity contribution in [2.24, 2.45) is 0 Å². The highest BCUT2D eigenvalue weighted by atomic mass is 19.4. The summed E-state index contributed by atoms with van der Waals surface area (Å²) in [6, 6.07) is 8.03. The topological polar surface area (TPSA) is 82.2 Å². The minimum Gasteiger partial charge on any atom is -0.463 e. The van der Waals surface area contributed by atoms with Gasteiger partial charge in [0.05, 0.1) is 23.8 Å². The van der Waals surface area contributed by atoms with Gasteiger partial charge in [0, 0.05) is 50.5 Å². The lowest BCUT2D eigenvalue weighted by Crippen LogP contribution is -2.56. The maximum atomic E-state index is 14.0. The van der Waals surface area contributed by atoms with Gasteiger partial charge < -0.3 is 15.0 Å². The molecule has 0 aromatic heterocycles. The molecule has 2 aliphatic heterocycles. The predicted molar refractivity (Wildman–Crippen MR) is 137 cm³/mol. The first-order valence-electron chi connectivity index (χ1n) is 12.8. The van der Waals surface area contributed by atoms with Gasteiger partial charge in [-0.3, -0.25) is 14.6 Å². The number of carbonyl (C=O) groups excluding carboxylic acids is 3. The predicted octanol–water partition coefficient (Wildman–Crippen LogP) is 4.20. The number of likely N-dealkylation sites (N-methyl/N-ethyl adjacent to an activating group) is 1. The normalized spacial score (nSPS) is 20.4. The summed E-state index contributed by atoms with van der Waals surface area (Å²) in [5, 5.41) is 2.75. The Kier molecular flexibility index (Phi) is 8.48. The first-order valence-corrected chi connectivity index (χ1v) is 12.8. The van der Waals surface area contributed by atoms with Gasteiger partial charge in [0.15, 0.2) is 0 Å². The van der Waals surface area contributed by atoms with Crippen molar-refractivity contribution in [3.63, 3.8) is 0 Å². The SMILES string of the molecule is CCOC(=O)C1=C(CN2CCN(C(=O)c3ccc(C(F)(F)F)cc3)[C@@H](C)C2)N(C)C(=O)N[C@@H]1c1cccc(F)c1. The van der Waals surface area contributed by atoms with Crippen LogP contribution >= 0.6 is 0 Å². The van der Waals surface area contributed by atoms with Crippen molar-refractivity contribution in [2.75, 3.05) is 39.8 Å². The molecule has 2 aromatic carbocycles. The third kappa shape index (κ3) is 6.11. The second-order valence-corrected chi connectivity index (χ2v) is 9.74. The van der Waals surface area contributed by atoms with Crippen LogP contribution in [0.25, 0.3) is 0 Å². The highest BCUT2D eigenvalue weighted by Gasteiger charge is 2.39. The number of benzene rings is 2. The summed E-state index contributed by atoms with van der Waals surface area (Å²) in [5.41, 5.74) is 0.297. The zero-order valence-corrected chi connectivity index (χ0v) is 22.3. The monoisotopic (exact) mass is 562 g/mol. The number of alkyl halides is 3. The number of esters is 1. The largest absolute Gasteiger partial charge is 0.463 e. The van der Waals surface area contributed by atoms with Crippen LogP contribution in [0.4, 0.5) is 22.4 Å². The molecule has 0 unspecified atom stereocenters. The molecule has 40 heavy (non-hydrogen) atoms. The summed E-state index contributed by atoms with van der Waals surface area (Å²) < 4.78 is 58.1. The highest BCUT2D eigenvalue weighted by molar-refractivity contribution is 5.95. The van der Waals surface area contributed by atoms with Gasteiger partial charge in [-0.2, -0.15) is 13.2 Å². The minimum atomic E-state index is -4.49. The first-order chi connectivity index (χ1) is 18.9. The summed E-state index contributed by atoms with van der Waals surface area (Å²) in [6.07, 6.45) is -4.49. The van der Waals surface area contributed by atoms with Crippen LogP contribution in [-0.4, -0.2) is 78.5 Å². The fraction of sp³-hybridized carbons (Fsp3) is 0.393. The van der Waals surface area contributed by atoms with E-state index in [1.165, 1.54) is 42.3 Å². The van der Waals surface area contributed by atoms with Crippen molar-refractivity contribution in [1.82, 2.24) is 20.0 Å². The van der Waals surface area contributed by atoms with Gasteiger partial charge in [-0.05, 0) is 55.8 Å². The molecule has 8 nitrogen and oxygen atoms in total. The maximum Gasteiger partial charge on any atom is 0.416 e. The van der Waals surface area contributed by atoms with Crippen LogP contribution in [0.1, 0.15) is 41.4 Å². The Morgan fingerprint density at radius 2 is 1.80 bits per heavy atom. The van der Waals surface area contributed by atoms with E-state index in [9.17, 15) is 31.9 Å². The van der Waals surface area contributed by atoms with E-state index in [4.69, 9.17) is 4.74 Å². The summed E-state index contributed by atoms with van der Waals surface area (Å²) in [6.45, 7) is 4.81. The van der Waals surface area contributed by atoms with Gasteiger partial charge in [0.1, 0.15) is 5.82 Å². The van der Waals surface area contributed by atoms with E-state index in [2.05, 4.69) is 5.32 Å². The van der Waals surface area contributed by atoms with E-state index in [1.807, 2.05) is 11.8 Å². The third-order valence-electron chi connectivity index (χ3n) is 7.06. The van der Waals surface area contributed by atoms with E-state index in [-0.39, 0.29) is 42.8 Å². The number of carbonyl (C=O) groups is 3. The van der Waals surface area contributed by atoms with Crippen LogP contribution < -0.4 is 5.32 Å². The second kappa shape index (κ2) is 11.7. The van der Waals surface area contributed by atoms with Gasteiger partial charge >= 0.3 is 18.2 Å². The van der Waals surface area contributed by atoms with Crippen molar-refractivity contribution in [2.45, 2.75) is 32.1 Å². The summed E-state index contributed by atoms with van der Waals surface area (Å²) in [7, 11) is 1.53. The first kappa shape index (κ1) is 29.1. The molecule has 0 spiro atoms. The lowest BCUT2D eigenvalue weighted by Gasteiger charge is -2.42. The Morgan fingerprint density at radius 1 is 1.10 bits per heavy atom. The van der Waals surface area contributed by atoms with Crippen molar-refractivity contribution < 1.29 is 36.7 Å². The molecule has 1 saturated heterocycles. The number of ether oxygens (including phenoxy) is 1. The summed E-state index contributed by atoms with van der Waals surface area (Å²) in [5.74, 6) is -1.53. The zero-order valence-electron chi connectivity index (χ0n) is 22.3. The van der Waals surface area contributed by atoms with Gasteiger partial charge in [-0.15, -0.1) is 0 Å². The number of urea groups is 1. The van der Waals surface area contributed by atoms with Crippen LogP contribution in [0.15, 0.2) is 59.8 Å². The fourth-order valence-corrected chi connectivity index (χ4v) is 4.99. The average Bonchev–Trinajstić information content (AvgIpc) is 2.90. The number of halogens is 4. The molecule has 1 fully saturated rings. The van der Waals surface area contributed by atoms with Crippen molar-refractivity contribution in [1.29, 1.82) is 0 Å². The Hall–Kier alpha value is -3.93. The van der Waals surface area contributed by atoms with Gasteiger partial charge in [-0.1, -0.05) is 12.1 Å². The Balaban J connectivity index is 1.56. The van der Waals surface area contributed by atoms with Crippen molar-refractivity contribution >= 4 is 17.9 Å². The molecule has 2 atom stereocenters. The van der Waals surface area contributed by atoms with Gasteiger partial charge in [0.25, 0.3) is 5.91 Å². The molecule has 0 radical (unpaired) electrons. The molecule has 1 N–H and O–H groups in total. The quantitative estimate of drug-likeness (QED) is 0.422. The molecule has 12 heteroatoms. The fourth-order valence-electron chi connectivity index (χ4n) is 4.99. The molecule has 0 bridgehead atoms. The molecule has 3 amide bonds. The van der Waals surface area contributed by atoms with Gasteiger partial charge in [-0.25, -0.2) is 14.0 Å². The highest BCUT2D eigenvalue weighted by Crippen LogP contribution is 2.33. The van der Waals surface area contributed by atoms with Crippen LogP contribution in [0.3, 0.4) is 0 Å². The molecule has 2 aromatic rings. The minimum absolute atomic E-state index is 0.102. The maximum absolute atomic E-state index is 14.0. The van der Waals surface area contributed by atoms with Crippen LogP contribution in [0.2, 0.25) is 0 Å². The lowest BCUT2D eigenvalue weighted by molar-refractivity contribution is -0.139. The summed E-state index contributed by atoms with van der Waals surface area (Å²) in [4.78, 5) is 44.0. The number of amides is 3. The molecule has 0 saturated carbocycles.